The van der Waals surface area contributed by atoms with Crippen molar-refractivity contribution in [1.29, 1.82) is 0 Å². The van der Waals surface area contributed by atoms with Gasteiger partial charge in [0.05, 0.1) is 24.4 Å². The first-order chi connectivity index (χ1) is 12.5. The summed E-state index contributed by atoms with van der Waals surface area (Å²) in [5.74, 6) is 0.539. The average molecular weight is 358 g/mol. The first-order valence-corrected chi connectivity index (χ1v) is 9.36. The topological polar surface area (TPSA) is 77.8 Å². The van der Waals surface area contributed by atoms with E-state index < -0.39 is 0 Å². The average Bonchev–Trinajstić information content (AvgIpc) is 3.36. The summed E-state index contributed by atoms with van der Waals surface area (Å²) in [7, 11) is 0. The molecular weight excluding hydrogens is 332 g/mol. The monoisotopic (exact) mass is 358 g/mol. The molecule has 7 nitrogen and oxygen atoms in total. The first-order valence-electron chi connectivity index (χ1n) is 9.36. The molecule has 0 bridgehead atoms. The lowest BCUT2D eigenvalue weighted by Gasteiger charge is -2.32. The van der Waals surface area contributed by atoms with Crippen molar-refractivity contribution < 1.29 is 14.3 Å². The zero-order valence-corrected chi connectivity index (χ0v) is 15.6. The van der Waals surface area contributed by atoms with Crippen molar-refractivity contribution >= 4 is 11.6 Å². The van der Waals surface area contributed by atoms with Crippen molar-refractivity contribution in [2.24, 2.45) is 5.92 Å². The quantitative estimate of drug-likeness (QED) is 0.884. The van der Waals surface area contributed by atoms with Gasteiger partial charge >= 0.3 is 0 Å². The van der Waals surface area contributed by atoms with Crippen molar-refractivity contribution in [1.82, 2.24) is 19.9 Å². The molecule has 2 aromatic heterocycles. The number of fused-ring (bicyclic) bond motifs is 1. The number of nitrogens with one attached hydrogen (secondary N) is 1. The van der Waals surface area contributed by atoms with E-state index >= 15 is 0 Å². The Balaban J connectivity index is 1.55. The lowest BCUT2D eigenvalue weighted by molar-refractivity contribution is -0.0567. The Kier molecular flexibility index (Phi) is 4.67. The van der Waals surface area contributed by atoms with Gasteiger partial charge in [0, 0.05) is 24.6 Å². The molecular formula is C19H26N4O3. The van der Waals surface area contributed by atoms with Crippen LogP contribution in [0.1, 0.15) is 46.7 Å². The summed E-state index contributed by atoms with van der Waals surface area (Å²) in [5.41, 5.74) is 3.64. The molecule has 140 valence electrons. The maximum Gasteiger partial charge on any atom is 0.257 e. The van der Waals surface area contributed by atoms with Crippen LogP contribution in [0.4, 0.5) is 0 Å². The molecule has 1 saturated carbocycles. The first kappa shape index (κ1) is 17.4. The molecule has 0 spiro atoms. The number of amides is 1. The van der Waals surface area contributed by atoms with Gasteiger partial charge in [0.25, 0.3) is 5.91 Å². The molecule has 1 N–H and O–H groups in total. The number of ether oxygens (including phenoxy) is 2. The summed E-state index contributed by atoms with van der Waals surface area (Å²) < 4.78 is 13.4. The summed E-state index contributed by atoms with van der Waals surface area (Å²) in [5, 5.41) is 7.59. The summed E-state index contributed by atoms with van der Waals surface area (Å²) in [6, 6.07) is 1.81. The number of nitrogens with zero attached hydrogens (tertiary/aromatic N) is 3. The maximum atomic E-state index is 13.0. The number of rotatable bonds is 5. The molecule has 3 heterocycles. The Hall–Kier alpha value is -1.99. The minimum atomic E-state index is -0.162. The fourth-order valence-corrected chi connectivity index (χ4v) is 3.53. The van der Waals surface area contributed by atoms with Gasteiger partial charge in [-0.1, -0.05) is 0 Å². The zero-order valence-electron chi connectivity index (χ0n) is 15.6. The Labute approximate surface area is 153 Å². The van der Waals surface area contributed by atoms with Crippen LogP contribution in [0.25, 0.3) is 5.65 Å². The van der Waals surface area contributed by atoms with Gasteiger partial charge in [0.1, 0.15) is 5.56 Å². The number of carbonyl (C=O) groups is 1. The van der Waals surface area contributed by atoms with E-state index in [2.05, 4.69) is 15.4 Å². The number of aromatic nitrogens is 3. The molecule has 0 aromatic carbocycles. The van der Waals surface area contributed by atoms with Crippen LogP contribution in [-0.4, -0.2) is 52.5 Å². The lowest BCUT2D eigenvalue weighted by Crippen LogP contribution is -2.50. The van der Waals surface area contributed by atoms with Crippen LogP contribution >= 0.6 is 0 Å². The molecule has 0 radical (unpaired) electrons. The van der Waals surface area contributed by atoms with E-state index in [0.29, 0.717) is 36.0 Å². The molecule has 1 aliphatic carbocycles. The fraction of sp³-hybridized carbons (Fsp3) is 0.632. The minimum Gasteiger partial charge on any atom is -0.379 e. The molecule has 26 heavy (non-hydrogen) atoms. The molecule has 1 saturated heterocycles. The van der Waals surface area contributed by atoms with Crippen LogP contribution in [0.3, 0.4) is 0 Å². The Morgan fingerprint density at radius 2 is 2.15 bits per heavy atom. The SMILES string of the molecule is Cc1cc(C)n2nc(C)c(C(=O)NC3COCCC3OCC3CC3)c2n1. The third kappa shape index (κ3) is 3.46. The summed E-state index contributed by atoms with van der Waals surface area (Å²) in [6.07, 6.45) is 3.33. The molecule has 1 aliphatic heterocycles. The third-order valence-corrected chi connectivity index (χ3v) is 5.15. The minimum absolute atomic E-state index is 0.00637. The highest BCUT2D eigenvalue weighted by molar-refractivity contribution is 6.01. The predicted octanol–water partition coefficient (Wildman–Crippen LogP) is 1.97. The van der Waals surface area contributed by atoms with Gasteiger partial charge < -0.3 is 14.8 Å². The van der Waals surface area contributed by atoms with Crippen molar-refractivity contribution in [3.05, 3.63) is 28.7 Å². The van der Waals surface area contributed by atoms with E-state index in [1.54, 1.807) is 4.52 Å². The second-order valence-electron chi connectivity index (χ2n) is 7.49. The van der Waals surface area contributed by atoms with Crippen LogP contribution < -0.4 is 5.32 Å². The Morgan fingerprint density at radius 1 is 1.35 bits per heavy atom. The van der Waals surface area contributed by atoms with Gasteiger partial charge in [-0.15, -0.1) is 0 Å². The van der Waals surface area contributed by atoms with Crippen LogP contribution in [0.15, 0.2) is 6.07 Å². The second kappa shape index (κ2) is 6.96. The number of hydrogen-bond donors (Lipinski definition) is 1. The van der Waals surface area contributed by atoms with E-state index in [4.69, 9.17) is 9.47 Å². The molecule has 7 heteroatoms. The smallest absolute Gasteiger partial charge is 0.257 e. The third-order valence-electron chi connectivity index (χ3n) is 5.15. The molecule has 2 fully saturated rings. The molecule has 2 aliphatic rings. The summed E-state index contributed by atoms with van der Waals surface area (Å²) >= 11 is 0. The Morgan fingerprint density at radius 3 is 2.92 bits per heavy atom. The predicted molar refractivity (Wildman–Crippen MR) is 96.4 cm³/mol. The molecule has 1 amide bonds. The lowest BCUT2D eigenvalue weighted by atomic mass is 10.1. The van der Waals surface area contributed by atoms with Crippen molar-refractivity contribution in [2.75, 3.05) is 19.8 Å². The van der Waals surface area contributed by atoms with Crippen molar-refractivity contribution in [2.45, 2.75) is 52.2 Å². The highest BCUT2D eigenvalue weighted by atomic mass is 16.5. The fourth-order valence-electron chi connectivity index (χ4n) is 3.53. The standard InChI is InChI=1S/C19H26N4O3/c1-11-8-12(2)23-18(20-11)17(13(3)22-23)19(24)21-15-10-25-7-6-16(15)26-9-14-4-5-14/h8,14-16H,4-7,9-10H2,1-3H3,(H,21,24). The van der Waals surface area contributed by atoms with Crippen molar-refractivity contribution in [3.63, 3.8) is 0 Å². The van der Waals surface area contributed by atoms with Gasteiger partial charge in [-0.2, -0.15) is 5.10 Å². The number of aryl methyl sites for hydroxylation is 3. The van der Waals surface area contributed by atoms with Gasteiger partial charge in [0.2, 0.25) is 0 Å². The Bertz CT molecular complexity index is 828. The highest BCUT2D eigenvalue weighted by Crippen LogP contribution is 2.30. The summed E-state index contributed by atoms with van der Waals surface area (Å²) in [4.78, 5) is 17.5. The van der Waals surface area contributed by atoms with E-state index in [9.17, 15) is 4.79 Å². The van der Waals surface area contributed by atoms with Crippen LogP contribution in [-0.2, 0) is 9.47 Å². The largest absolute Gasteiger partial charge is 0.379 e. The van der Waals surface area contributed by atoms with Gasteiger partial charge in [-0.3, -0.25) is 4.79 Å². The molecule has 4 rings (SSSR count). The van der Waals surface area contributed by atoms with Crippen LogP contribution in [0, 0.1) is 26.7 Å². The van der Waals surface area contributed by atoms with Gasteiger partial charge in [0.15, 0.2) is 5.65 Å². The second-order valence-corrected chi connectivity index (χ2v) is 7.49. The van der Waals surface area contributed by atoms with Gasteiger partial charge in [-0.25, -0.2) is 9.50 Å². The van der Waals surface area contributed by atoms with E-state index in [-0.39, 0.29) is 18.1 Å². The van der Waals surface area contributed by atoms with Gasteiger partial charge in [-0.05, 0) is 52.0 Å². The maximum absolute atomic E-state index is 13.0. The summed E-state index contributed by atoms with van der Waals surface area (Å²) in [6.45, 7) is 7.67. The highest BCUT2D eigenvalue weighted by Gasteiger charge is 2.32. The van der Waals surface area contributed by atoms with Crippen molar-refractivity contribution in [3.8, 4) is 0 Å². The molecule has 2 atom stereocenters. The van der Waals surface area contributed by atoms with E-state index in [1.807, 2.05) is 26.8 Å². The zero-order chi connectivity index (χ0) is 18.3. The van der Waals surface area contributed by atoms with Crippen LogP contribution in [0.2, 0.25) is 0 Å². The normalized spacial score (nSPS) is 23.3. The number of hydrogen-bond acceptors (Lipinski definition) is 5. The van der Waals surface area contributed by atoms with E-state index in [0.717, 1.165) is 24.4 Å². The van der Waals surface area contributed by atoms with E-state index in [1.165, 1.54) is 12.8 Å². The molecule has 2 aromatic rings. The molecule has 2 unspecified atom stereocenters. The number of carbonyl (C=O) groups excluding carboxylic acids is 1. The van der Waals surface area contributed by atoms with Crippen LogP contribution in [0.5, 0.6) is 0 Å².